The van der Waals surface area contributed by atoms with E-state index in [0.29, 0.717) is 15.7 Å². The smallest absolute Gasteiger partial charge is 0.224 e. The van der Waals surface area contributed by atoms with E-state index in [1.165, 1.54) is 0 Å². The number of halogens is 4. The minimum atomic E-state index is -0.632. The molecule has 7 heteroatoms. The molecule has 3 nitrogen and oxygen atoms in total. The first-order valence-electron chi connectivity index (χ1n) is 4.88. The number of anilines is 2. The third-order valence-electron chi connectivity index (χ3n) is 2.22. The lowest BCUT2D eigenvalue weighted by Crippen LogP contribution is -1.99. The summed E-state index contributed by atoms with van der Waals surface area (Å²) in [7, 11) is 0. The molecule has 2 rings (SSSR count). The third kappa shape index (κ3) is 2.83. The summed E-state index contributed by atoms with van der Waals surface area (Å²) in [5, 5.41) is 3.59. The Morgan fingerprint density at radius 2 is 1.89 bits per heavy atom. The molecule has 0 saturated heterocycles. The third-order valence-corrected chi connectivity index (χ3v) is 3.12. The van der Waals surface area contributed by atoms with E-state index in [4.69, 9.17) is 34.8 Å². The summed E-state index contributed by atoms with van der Waals surface area (Å²) in [5.41, 5.74) is 1.27. The maximum Gasteiger partial charge on any atom is 0.224 e. The van der Waals surface area contributed by atoms with Crippen LogP contribution in [-0.4, -0.2) is 9.97 Å². The molecule has 94 valence electrons. The number of aryl methyl sites for hydroxylation is 1. The van der Waals surface area contributed by atoms with E-state index in [1.54, 1.807) is 12.1 Å². The van der Waals surface area contributed by atoms with Crippen molar-refractivity contribution in [1.29, 1.82) is 0 Å². The molecule has 1 heterocycles. The van der Waals surface area contributed by atoms with Crippen LogP contribution in [0.2, 0.25) is 15.3 Å². The van der Waals surface area contributed by atoms with Gasteiger partial charge in [0.05, 0.1) is 16.9 Å². The molecule has 18 heavy (non-hydrogen) atoms. The van der Waals surface area contributed by atoms with Crippen molar-refractivity contribution in [2.75, 3.05) is 5.32 Å². The van der Waals surface area contributed by atoms with Crippen LogP contribution < -0.4 is 5.32 Å². The highest BCUT2D eigenvalue weighted by Crippen LogP contribution is 2.31. The Hall–Kier alpha value is -1.10. The summed E-state index contributed by atoms with van der Waals surface area (Å²) >= 11 is 17.6. The van der Waals surface area contributed by atoms with Crippen molar-refractivity contribution in [1.82, 2.24) is 9.97 Å². The van der Waals surface area contributed by atoms with Crippen molar-refractivity contribution in [2.45, 2.75) is 6.92 Å². The van der Waals surface area contributed by atoms with Gasteiger partial charge in [0.1, 0.15) is 0 Å². The minimum absolute atomic E-state index is 0.0585. The fourth-order valence-electron chi connectivity index (χ4n) is 1.30. The highest BCUT2D eigenvalue weighted by molar-refractivity contribution is 6.35. The monoisotopic (exact) mass is 305 g/mol. The van der Waals surface area contributed by atoms with Gasteiger partial charge in [-0.05, 0) is 36.2 Å². The lowest BCUT2D eigenvalue weighted by molar-refractivity contribution is 0.619. The van der Waals surface area contributed by atoms with Gasteiger partial charge >= 0.3 is 0 Å². The van der Waals surface area contributed by atoms with Gasteiger partial charge in [0.25, 0.3) is 0 Å². The van der Waals surface area contributed by atoms with Gasteiger partial charge in [-0.2, -0.15) is 4.98 Å². The summed E-state index contributed by atoms with van der Waals surface area (Å²) in [5.74, 6) is -0.691. The van der Waals surface area contributed by atoms with Crippen LogP contribution in [0.3, 0.4) is 0 Å². The molecule has 0 spiro atoms. The van der Waals surface area contributed by atoms with Gasteiger partial charge in [0.2, 0.25) is 5.28 Å². The summed E-state index contributed by atoms with van der Waals surface area (Å²) in [6.45, 7) is 1.82. The number of hydrogen-bond acceptors (Lipinski definition) is 3. The van der Waals surface area contributed by atoms with Gasteiger partial charge < -0.3 is 5.32 Å². The SMILES string of the molecule is Cc1cc(Cl)c(Nc2nc(Cl)ncc2F)cc1Cl. The second-order valence-electron chi connectivity index (χ2n) is 3.54. The first-order chi connectivity index (χ1) is 8.47. The maximum atomic E-state index is 13.4. The summed E-state index contributed by atoms with van der Waals surface area (Å²) in [4.78, 5) is 7.24. The molecule has 0 unspecified atom stereocenters. The van der Waals surface area contributed by atoms with Gasteiger partial charge in [0.15, 0.2) is 11.6 Å². The number of hydrogen-bond donors (Lipinski definition) is 1. The lowest BCUT2D eigenvalue weighted by Gasteiger charge is -2.10. The Balaban J connectivity index is 2.40. The predicted molar refractivity (Wildman–Crippen MR) is 71.5 cm³/mol. The molecule has 0 aliphatic carbocycles. The Labute approximate surface area is 118 Å². The zero-order valence-electron chi connectivity index (χ0n) is 9.14. The molecule has 0 fully saturated rings. The Morgan fingerprint density at radius 3 is 2.61 bits per heavy atom. The topological polar surface area (TPSA) is 37.8 Å². The van der Waals surface area contributed by atoms with Gasteiger partial charge in [-0.25, -0.2) is 9.37 Å². The standard InChI is InChI=1S/C11H7Cl3FN3/c1-5-2-7(13)9(3-6(5)12)17-10-8(15)4-16-11(14)18-10/h2-4H,1H3,(H,16,17,18). The molecular weight excluding hydrogens is 299 g/mol. The molecule has 0 bridgehead atoms. The fourth-order valence-corrected chi connectivity index (χ4v) is 1.87. The van der Waals surface area contributed by atoms with Crippen LogP contribution >= 0.6 is 34.8 Å². The largest absolute Gasteiger partial charge is 0.336 e. The molecule has 0 saturated carbocycles. The van der Waals surface area contributed by atoms with E-state index in [1.807, 2.05) is 6.92 Å². The molecule has 0 aliphatic rings. The molecule has 0 atom stereocenters. The van der Waals surface area contributed by atoms with Gasteiger partial charge in [-0.1, -0.05) is 23.2 Å². The second kappa shape index (κ2) is 5.26. The van der Waals surface area contributed by atoms with Crippen molar-refractivity contribution in [3.63, 3.8) is 0 Å². The van der Waals surface area contributed by atoms with E-state index in [-0.39, 0.29) is 11.1 Å². The molecular formula is C11H7Cl3FN3. The maximum absolute atomic E-state index is 13.4. The number of nitrogens with one attached hydrogen (secondary N) is 1. The fraction of sp³-hybridized carbons (Fsp3) is 0.0909. The van der Waals surface area contributed by atoms with Crippen LogP contribution in [0.1, 0.15) is 5.56 Å². The highest BCUT2D eigenvalue weighted by atomic mass is 35.5. The van der Waals surface area contributed by atoms with E-state index >= 15 is 0 Å². The van der Waals surface area contributed by atoms with Crippen molar-refractivity contribution >= 4 is 46.3 Å². The predicted octanol–water partition coefficient (Wildman–Crippen LogP) is 4.63. The van der Waals surface area contributed by atoms with E-state index < -0.39 is 5.82 Å². The van der Waals surface area contributed by atoms with Gasteiger partial charge in [0, 0.05) is 5.02 Å². The quantitative estimate of drug-likeness (QED) is 0.822. The van der Waals surface area contributed by atoms with E-state index in [0.717, 1.165) is 11.8 Å². The van der Waals surface area contributed by atoms with Crippen LogP contribution in [-0.2, 0) is 0 Å². The number of nitrogens with zero attached hydrogens (tertiary/aromatic N) is 2. The van der Waals surface area contributed by atoms with Crippen molar-refractivity contribution in [3.05, 3.63) is 45.0 Å². The van der Waals surface area contributed by atoms with Crippen LogP contribution in [0, 0.1) is 12.7 Å². The molecule has 1 aromatic carbocycles. The van der Waals surface area contributed by atoms with Gasteiger partial charge in [-0.15, -0.1) is 0 Å². The zero-order valence-corrected chi connectivity index (χ0v) is 11.4. The van der Waals surface area contributed by atoms with Crippen molar-refractivity contribution < 1.29 is 4.39 Å². The number of aromatic nitrogens is 2. The number of benzene rings is 1. The molecule has 2 aromatic rings. The summed E-state index contributed by atoms with van der Waals surface area (Å²) < 4.78 is 13.4. The Bertz CT molecular complexity index is 604. The second-order valence-corrected chi connectivity index (χ2v) is 4.69. The summed E-state index contributed by atoms with van der Waals surface area (Å²) in [6.07, 6.45) is 0.974. The minimum Gasteiger partial charge on any atom is -0.336 e. The van der Waals surface area contributed by atoms with Crippen LogP contribution in [0.5, 0.6) is 0 Å². The molecule has 0 radical (unpaired) electrons. The highest BCUT2D eigenvalue weighted by Gasteiger charge is 2.10. The normalized spacial score (nSPS) is 10.5. The van der Waals surface area contributed by atoms with Crippen LogP contribution in [0.4, 0.5) is 15.9 Å². The lowest BCUT2D eigenvalue weighted by atomic mass is 10.2. The van der Waals surface area contributed by atoms with E-state index in [2.05, 4.69) is 15.3 Å². The Morgan fingerprint density at radius 1 is 1.17 bits per heavy atom. The van der Waals surface area contributed by atoms with Gasteiger partial charge in [-0.3, -0.25) is 0 Å². The molecule has 1 aromatic heterocycles. The zero-order chi connectivity index (χ0) is 13.3. The average molecular weight is 307 g/mol. The molecule has 1 N–H and O–H groups in total. The van der Waals surface area contributed by atoms with Crippen LogP contribution in [0.25, 0.3) is 0 Å². The van der Waals surface area contributed by atoms with Crippen molar-refractivity contribution in [2.24, 2.45) is 0 Å². The molecule has 0 aliphatic heterocycles. The first-order valence-corrected chi connectivity index (χ1v) is 6.01. The average Bonchev–Trinajstić information content (AvgIpc) is 2.30. The Kier molecular flexibility index (Phi) is 3.90. The number of rotatable bonds is 2. The summed E-state index contributed by atoms with van der Waals surface area (Å²) in [6, 6.07) is 3.27. The molecule has 0 amide bonds. The first kappa shape index (κ1) is 13.3. The van der Waals surface area contributed by atoms with E-state index in [9.17, 15) is 4.39 Å². The van der Waals surface area contributed by atoms with Crippen LogP contribution in [0.15, 0.2) is 18.3 Å². The van der Waals surface area contributed by atoms with Crippen molar-refractivity contribution in [3.8, 4) is 0 Å².